The minimum atomic E-state index is -0.154. The van der Waals surface area contributed by atoms with E-state index in [-0.39, 0.29) is 11.6 Å². The van der Waals surface area contributed by atoms with Gasteiger partial charge in [-0.2, -0.15) is 0 Å². The highest BCUT2D eigenvalue weighted by molar-refractivity contribution is 5.73. The summed E-state index contributed by atoms with van der Waals surface area (Å²) in [6.07, 6.45) is 4.04. The van der Waals surface area contributed by atoms with E-state index in [4.69, 9.17) is 4.74 Å². The Morgan fingerprint density at radius 1 is 1.38 bits per heavy atom. The van der Waals surface area contributed by atoms with Gasteiger partial charge in [-0.25, -0.2) is 0 Å². The smallest absolute Gasteiger partial charge is 0.306 e. The first kappa shape index (κ1) is 9.04. The van der Waals surface area contributed by atoms with Gasteiger partial charge >= 0.3 is 5.97 Å². The van der Waals surface area contributed by atoms with Crippen LogP contribution in [0, 0.1) is 11.3 Å². The molecule has 1 saturated heterocycles. The third-order valence-corrected chi connectivity index (χ3v) is 3.62. The number of hydrogen-bond acceptors (Lipinski definition) is 2. The summed E-state index contributed by atoms with van der Waals surface area (Å²) in [5, 5.41) is 0. The number of carbonyl (C=O) groups excluding carboxylic acids is 1. The van der Waals surface area contributed by atoms with E-state index in [1.54, 1.807) is 0 Å². The number of ether oxygens (including phenoxy) is 1. The second-order valence-corrected chi connectivity index (χ2v) is 5.57. The Balaban J connectivity index is 2.20. The highest BCUT2D eigenvalue weighted by atomic mass is 16.6. The first-order chi connectivity index (χ1) is 5.91. The lowest BCUT2D eigenvalue weighted by Crippen LogP contribution is -2.41. The van der Waals surface area contributed by atoms with Crippen LogP contribution in [-0.2, 0) is 9.53 Å². The molecule has 0 aromatic rings. The summed E-state index contributed by atoms with van der Waals surface area (Å²) in [5.41, 5.74) is 0.189. The standard InChI is InChI=1S/C11H18O2/c1-10(2)5-4-8-6-9(12)13-11(8,3)7-10/h8H,4-7H2,1-3H3. The SMILES string of the molecule is CC1(C)CCC2CC(=O)OC2(C)C1. The summed E-state index contributed by atoms with van der Waals surface area (Å²) >= 11 is 0. The Labute approximate surface area is 79.7 Å². The van der Waals surface area contributed by atoms with Crippen molar-refractivity contribution in [2.75, 3.05) is 0 Å². The molecule has 0 radical (unpaired) electrons. The summed E-state index contributed by atoms with van der Waals surface area (Å²) in [6.45, 7) is 6.63. The van der Waals surface area contributed by atoms with Gasteiger partial charge in [0.05, 0.1) is 6.42 Å². The third kappa shape index (κ3) is 1.47. The maximum atomic E-state index is 11.2. The lowest BCUT2D eigenvalue weighted by molar-refractivity contribution is -0.152. The Morgan fingerprint density at radius 3 is 2.77 bits per heavy atom. The molecule has 2 nitrogen and oxygen atoms in total. The molecule has 2 fully saturated rings. The number of fused-ring (bicyclic) bond motifs is 1. The van der Waals surface area contributed by atoms with Gasteiger partial charge in [0.1, 0.15) is 5.60 Å². The lowest BCUT2D eigenvalue weighted by Gasteiger charge is -2.42. The van der Waals surface area contributed by atoms with E-state index in [0.717, 1.165) is 12.8 Å². The first-order valence-electron chi connectivity index (χ1n) is 5.13. The van der Waals surface area contributed by atoms with E-state index in [1.165, 1.54) is 6.42 Å². The molecule has 2 heteroatoms. The molecule has 0 aromatic carbocycles. The van der Waals surface area contributed by atoms with E-state index in [1.807, 2.05) is 0 Å². The van der Waals surface area contributed by atoms with Gasteiger partial charge in [0.15, 0.2) is 0 Å². The van der Waals surface area contributed by atoms with Crippen LogP contribution in [0.5, 0.6) is 0 Å². The Morgan fingerprint density at radius 2 is 2.08 bits per heavy atom. The predicted octanol–water partition coefficient (Wildman–Crippen LogP) is 2.52. The van der Waals surface area contributed by atoms with Crippen molar-refractivity contribution in [3.05, 3.63) is 0 Å². The van der Waals surface area contributed by atoms with Crippen LogP contribution in [0.4, 0.5) is 0 Å². The molecule has 1 heterocycles. The molecule has 74 valence electrons. The molecule has 1 aliphatic carbocycles. The number of hydrogen-bond donors (Lipinski definition) is 0. The second kappa shape index (κ2) is 2.49. The zero-order valence-electron chi connectivity index (χ0n) is 8.72. The summed E-state index contributed by atoms with van der Waals surface area (Å²) < 4.78 is 5.45. The van der Waals surface area contributed by atoms with E-state index in [0.29, 0.717) is 17.8 Å². The predicted molar refractivity (Wildman–Crippen MR) is 50.2 cm³/mol. The third-order valence-electron chi connectivity index (χ3n) is 3.62. The first-order valence-corrected chi connectivity index (χ1v) is 5.13. The van der Waals surface area contributed by atoms with Crippen molar-refractivity contribution in [2.24, 2.45) is 11.3 Å². The monoisotopic (exact) mass is 182 g/mol. The van der Waals surface area contributed by atoms with Crippen LogP contribution >= 0.6 is 0 Å². The molecule has 0 amide bonds. The molecule has 2 atom stereocenters. The van der Waals surface area contributed by atoms with Crippen LogP contribution in [0.2, 0.25) is 0 Å². The fourth-order valence-corrected chi connectivity index (χ4v) is 2.99. The van der Waals surface area contributed by atoms with Crippen LogP contribution < -0.4 is 0 Å². The summed E-state index contributed by atoms with van der Waals surface area (Å²) in [7, 11) is 0. The van der Waals surface area contributed by atoms with Crippen LogP contribution in [0.25, 0.3) is 0 Å². The van der Waals surface area contributed by atoms with Crippen molar-refractivity contribution in [1.29, 1.82) is 0 Å². The molecule has 0 bridgehead atoms. The van der Waals surface area contributed by atoms with Crippen LogP contribution in [-0.4, -0.2) is 11.6 Å². The molecule has 2 aliphatic rings. The minimum Gasteiger partial charge on any atom is -0.459 e. The van der Waals surface area contributed by atoms with Gasteiger partial charge in [-0.3, -0.25) is 4.79 Å². The van der Waals surface area contributed by atoms with Crippen molar-refractivity contribution < 1.29 is 9.53 Å². The average molecular weight is 182 g/mol. The van der Waals surface area contributed by atoms with Crippen molar-refractivity contribution in [3.8, 4) is 0 Å². The molecule has 0 aromatic heterocycles. The van der Waals surface area contributed by atoms with E-state index in [9.17, 15) is 4.79 Å². The maximum absolute atomic E-state index is 11.2. The molecule has 1 aliphatic heterocycles. The van der Waals surface area contributed by atoms with Crippen molar-refractivity contribution >= 4 is 5.97 Å². The van der Waals surface area contributed by atoms with Gasteiger partial charge in [-0.05, 0) is 31.6 Å². The summed E-state index contributed by atoms with van der Waals surface area (Å²) in [6, 6.07) is 0. The minimum absolute atomic E-state index is 0.00481. The van der Waals surface area contributed by atoms with Gasteiger partial charge in [-0.1, -0.05) is 13.8 Å². The van der Waals surface area contributed by atoms with Crippen molar-refractivity contribution in [1.82, 2.24) is 0 Å². The summed E-state index contributed by atoms with van der Waals surface area (Å²) in [4.78, 5) is 11.2. The largest absolute Gasteiger partial charge is 0.459 e. The Hall–Kier alpha value is -0.530. The fraction of sp³-hybridized carbons (Fsp3) is 0.909. The number of rotatable bonds is 0. The molecule has 13 heavy (non-hydrogen) atoms. The number of esters is 1. The maximum Gasteiger partial charge on any atom is 0.306 e. The van der Waals surface area contributed by atoms with Crippen molar-refractivity contribution in [3.63, 3.8) is 0 Å². The molecular weight excluding hydrogens is 164 g/mol. The van der Waals surface area contributed by atoms with Gasteiger partial charge < -0.3 is 4.74 Å². The normalized spacial score (nSPS) is 42.7. The van der Waals surface area contributed by atoms with Gasteiger partial charge in [0.2, 0.25) is 0 Å². The number of carbonyl (C=O) groups is 1. The fourth-order valence-electron chi connectivity index (χ4n) is 2.99. The van der Waals surface area contributed by atoms with Crippen molar-refractivity contribution in [2.45, 2.75) is 52.1 Å². The molecule has 0 N–H and O–H groups in total. The molecule has 0 spiro atoms. The Bertz CT molecular complexity index is 244. The second-order valence-electron chi connectivity index (χ2n) is 5.57. The van der Waals surface area contributed by atoms with Gasteiger partial charge in [0.25, 0.3) is 0 Å². The average Bonchev–Trinajstić information content (AvgIpc) is 2.20. The van der Waals surface area contributed by atoms with E-state index >= 15 is 0 Å². The van der Waals surface area contributed by atoms with E-state index < -0.39 is 0 Å². The van der Waals surface area contributed by atoms with Crippen LogP contribution in [0.3, 0.4) is 0 Å². The highest BCUT2D eigenvalue weighted by Crippen LogP contribution is 2.50. The zero-order chi connectivity index (χ0) is 9.69. The molecular formula is C11H18O2. The van der Waals surface area contributed by atoms with Crippen LogP contribution in [0.1, 0.15) is 46.5 Å². The lowest BCUT2D eigenvalue weighted by atomic mass is 9.65. The van der Waals surface area contributed by atoms with Gasteiger partial charge in [0, 0.05) is 5.92 Å². The molecule has 2 unspecified atom stereocenters. The molecule has 2 rings (SSSR count). The zero-order valence-corrected chi connectivity index (χ0v) is 8.72. The molecule has 1 saturated carbocycles. The topological polar surface area (TPSA) is 26.3 Å². The highest BCUT2D eigenvalue weighted by Gasteiger charge is 2.51. The van der Waals surface area contributed by atoms with E-state index in [2.05, 4.69) is 20.8 Å². The van der Waals surface area contributed by atoms with Crippen LogP contribution in [0.15, 0.2) is 0 Å². The Kier molecular flexibility index (Phi) is 1.73. The quantitative estimate of drug-likeness (QED) is 0.538. The van der Waals surface area contributed by atoms with Gasteiger partial charge in [-0.15, -0.1) is 0 Å². The summed E-state index contributed by atoms with van der Waals surface area (Å²) in [5.74, 6) is 0.484.